The fourth-order valence-corrected chi connectivity index (χ4v) is 3.63. The zero-order chi connectivity index (χ0) is 13.1. The first-order chi connectivity index (χ1) is 7.84. The Morgan fingerprint density at radius 1 is 1.35 bits per heavy atom. The highest BCUT2D eigenvalue weighted by Crippen LogP contribution is 2.17. The van der Waals surface area contributed by atoms with Gasteiger partial charge in [-0.15, -0.1) is 0 Å². The lowest BCUT2D eigenvalue weighted by Gasteiger charge is -2.16. The van der Waals surface area contributed by atoms with E-state index in [2.05, 4.69) is 4.98 Å². The minimum atomic E-state index is -3.70. The first kappa shape index (κ1) is 13.6. The Labute approximate surface area is 100 Å². The summed E-state index contributed by atoms with van der Waals surface area (Å²) in [5.74, 6) is -2.03. The lowest BCUT2D eigenvalue weighted by molar-refractivity contribution is -0.137. The molecule has 0 aliphatic heterocycles. The third kappa shape index (κ3) is 3.52. The van der Waals surface area contributed by atoms with E-state index >= 15 is 0 Å². The fourth-order valence-electron chi connectivity index (χ4n) is 1.65. The van der Waals surface area contributed by atoms with Crippen molar-refractivity contribution in [2.75, 3.05) is 0 Å². The van der Waals surface area contributed by atoms with E-state index in [1.165, 1.54) is 12.4 Å². The van der Waals surface area contributed by atoms with Crippen molar-refractivity contribution in [1.82, 2.24) is 4.98 Å². The summed E-state index contributed by atoms with van der Waals surface area (Å²) in [7, 11) is -3.70. The van der Waals surface area contributed by atoms with Gasteiger partial charge in [-0.25, -0.2) is 8.42 Å². The van der Waals surface area contributed by atoms with Crippen molar-refractivity contribution in [3.05, 3.63) is 30.1 Å². The Bertz CT molecular complexity index is 481. The molecule has 0 aromatic carbocycles. The normalized spacial score (nSPS) is 13.6. The summed E-state index contributed by atoms with van der Waals surface area (Å²) in [5.41, 5.74) is 0.548. The second kappa shape index (κ2) is 5.27. The highest BCUT2D eigenvalue weighted by atomic mass is 32.2. The molecule has 1 heterocycles. The van der Waals surface area contributed by atoms with Crippen LogP contribution in [0.3, 0.4) is 0 Å². The lowest BCUT2D eigenvalue weighted by atomic mass is 10.1. The zero-order valence-corrected chi connectivity index (χ0v) is 10.5. The van der Waals surface area contributed by atoms with Crippen molar-refractivity contribution in [2.24, 2.45) is 5.92 Å². The van der Waals surface area contributed by atoms with Gasteiger partial charge in [0, 0.05) is 12.4 Å². The smallest absolute Gasteiger partial charge is 0.322 e. The van der Waals surface area contributed by atoms with Crippen LogP contribution < -0.4 is 0 Å². The van der Waals surface area contributed by atoms with Gasteiger partial charge in [0.1, 0.15) is 0 Å². The summed E-state index contributed by atoms with van der Waals surface area (Å²) in [5, 5.41) is 7.60. The maximum atomic E-state index is 12.0. The van der Waals surface area contributed by atoms with Crippen molar-refractivity contribution < 1.29 is 18.3 Å². The van der Waals surface area contributed by atoms with Gasteiger partial charge in [0.05, 0.1) is 5.75 Å². The largest absolute Gasteiger partial charge is 0.480 e. The molecule has 0 aliphatic rings. The molecule has 94 valence electrons. The molecule has 6 heteroatoms. The second-order valence-electron chi connectivity index (χ2n) is 4.17. The van der Waals surface area contributed by atoms with Gasteiger partial charge in [-0.1, -0.05) is 13.8 Å². The number of hydrogen-bond acceptors (Lipinski definition) is 4. The number of pyridine rings is 1. The van der Waals surface area contributed by atoms with Gasteiger partial charge >= 0.3 is 5.97 Å². The number of aliphatic carboxylic acids is 1. The fraction of sp³-hybridized carbons (Fsp3) is 0.455. The highest BCUT2D eigenvalue weighted by molar-refractivity contribution is 7.92. The van der Waals surface area contributed by atoms with Gasteiger partial charge in [0.15, 0.2) is 15.1 Å². The number of sulfone groups is 1. The molecule has 1 unspecified atom stereocenters. The van der Waals surface area contributed by atoms with Gasteiger partial charge in [-0.05, 0) is 23.6 Å². The van der Waals surface area contributed by atoms with Crippen LogP contribution in [0.5, 0.6) is 0 Å². The number of aromatic nitrogens is 1. The van der Waals surface area contributed by atoms with Gasteiger partial charge in [0.2, 0.25) is 0 Å². The maximum Gasteiger partial charge on any atom is 0.322 e. The zero-order valence-electron chi connectivity index (χ0n) is 9.70. The SMILES string of the molecule is CC(C)C(C(=O)O)S(=O)(=O)Cc1ccncc1. The average molecular weight is 257 g/mol. The Kier molecular flexibility index (Phi) is 4.22. The Morgan fingerprint density at radius 3 is 2.29 bits per heavy atom. The minimum Gasteiger partial charge on any atom is -0.480 e. The molecule has 1 aromatic heterocycles. The van der Waals surface area contributed by atoms with Gasteiger partial charge in [0.25, 0.3) is 0 Å². The van der Waals surface area contributed by atoms with Crippen molar-refractivity contribution in [3.8, 4) is 0 Å². The molecule has 0 fully saturated rings. The summed E-state index contributed by atoms with van der Waals surface area (Å²) in [6.07, 6.45) is 2.96. The molecule has 1 atom stereocenters. The quantitative estimate of drug-likeness (QED) is 0.854. The monoisotopic (exact) mass is 257 g/mol. The van der Waals surface area contributed by atoms with Crippen molar-refractivity contribution in [1.29, 1.82) is 0 Å². The highest BCUT2D eigenvalue weighted by Gasteiger charge is 2.35. The van der Waals surface area contributed by atoms with E-state index in [0.29, 0.717) is 5.56 Å². The molecule has 1 N–H and O–H groups in total. The molecule has 0 amide bonds. The van der Waals surface area contributed by atoms with Gasteiger partial charge in [-0.3, -0.25) is 9.78 Å². The molecule has 5 nitrogen and oxygen atoms in total. The van der Waals surface area contributed by atoms with Crippen LogP contribution >= 0.6 is 0 Å². The second-order valence-corrected chi connectivity index (χ2v) is 6.29. The lowest BCUT2D eigenvalue weighted by Crippen LogP contribution is -2.35. The van der Waals surface area contributed by atoms with Crippen molar-refractivity contribution in [2.45, 2.75) is 24.9 Å². The molecule has 0 bridgehead atoms. The van der Waals surface area contributed by atoms with E-state index in [4.69, 9.17) is 5.11 Å². The van der Waals surface area contributed by atoms with Crippen LogP contribution in [0.15, 0.2) is 24.5 Å². The van der Waals surface area contributed by atoms with Crippen molar-refractivity contribution in [3.63, 3.8) is 0 Å². The molecule has 0 aliphatic carbocycles. The van der Waals surface area contributed by atoms with Crippen LogP contribution in [-0.4, -0.2) is 29.7 Å². The predicted octanol–water partition coefficient (Wildman–Crippen LogP) is 1.11. The Hall–Kier alpha value is -1.43. The number of nitrogens with zero attached hydrogens (tertiary/aromatic N) is 1. The van der Waals surface area contributed by atoms with E-state index in [1.807, 2.05) is 0 Å². The number of rotatable bonds is 5. The van der Waals surface area contributed by atoms with E-state index in [9.17, 15) is 13.2 Å². The molecule has 1 aromatic rings. The van der Waals surface area contributed by atoms with Crippen molar-refractivity contribution >= 4 is 15.8 Å². The molecule has 0 radical (unpaired) electrons. The standard InChI is InChI=1S/C11H15NO4S/c1-8(2)10(11(13)14)17(15,16)7-9-3-5-12-6-4-9/h3-6,8,10H,7H2,1-2H3,(H,13,14). The summed E-state index contributed by atoms with van der Waals surface area (Å²) < 4.78 is 24.0. The average Bonchev–Trinajstić information content (AvgIpc) is 2.15. The van der Waals surface area contributed by atoms with E-state index in [-0.39, 0.29) is 5.75 Å². The van der Waals surface area contributed by atoms with Crippen LogP contribution in [0.25, 0.3) is 0 Å². The summed E-state index contributed by atoms with van der Waals surface area (Å²) in [6, 6.07) is 3.13. The number of carbonyl (C=O) groups is 1. The molecular weight excluding hydrogens is 242 g/mol. The topological polar surface area (TPSA) is 84.3 Å². The molecular formula is C11H15NO4S. The number of carboxylic acid groups (broad SMARTS) is 1. The minimum absolute atomic E-state index is 0.273. The maximum absolute atomic E-state index is 12.0. The molecule has 0 spiro atoms. The first-order valence-electron chi connectivity index (χ1n) is 5.18. The Balaban J connectivity index is 2.99. The molecule has 0 saturated carbocycles. The summed E-state index contributed by atoms with van der Waals surface area (Å²) >= 11 is 0. The predicted molar refractivity (Wildman–Crippen MR) is 63.1 cm³/mol. The molecule has 1 rings (SSSR count). The number of hydrogen-bond donors (Lipinski definition) is 1. The van der Waals surface area contributed by atoms with Crippen LogP contribution in [-0.2, 0) is 20.4 Å². The number of carboxylic acids is 1. The van der Waals surface area contributed by atoms with E-state index in [1.54, 1.807) is 26.0 Å². The summed E-state index contributed by atoms with van der Waals surface area (Å²) in [4.78, 5) is 14.8. The summed E-state index contributed by atoms with van der Waals surface area (Å²) in [6.45, 7) is 3.17. The third-order valence-corrected chi connectivity index (χ3v) is 4.61. The van der Waals surface area contributed by atoms with Gasteiger partial charge < -0.3 is 5.11 Å². The third-order valence-electron chi connectivity index (χ3n) is 2.35. The first-order valence-corrected chi connectivity index (χ1v) is 6.89. The van der Waals surface area contributed by atoms with E-state index in [0.717, 1.165) is 0 Å². The van der Waals surface area contributed by atoms with Gasteiger partial charge in [-0.2, -0.15) is 0 Å². The van der Waals surface area contributed by atoms with Crippen LogP contribution in [0.2, 0.25) is 0 Å². The molecule has 0 saturated heterocycles. The van der Waals surface area contributed by atoms with E-state index < -0.39 is 27.0 Å². The molecule has 17 heavy (non-hydrogen) atoms. The Morgan fingerprint density at radius 2 is 1.88 bits per heavy atom. The van der Waals surface area contributed by atoms with Crippen LogP contribution in [0.1, 0.15) is 19.4 Å². The van der Waals surface area contributed by atoms with Crippen LogP contribution in [0, 0.1) is 5.92 Å². The van der Waals surface area contributed by atoms with Crippen LogP contribution in [0.4, 0.5) is 0 Å².